The van der Waals surface area contributed by atoms with Crippen LogP contribution in [0, 0.1) is 5.92 Å². The predicted molar refractivity (Wildman–Crippen MR) is 127 cm³/mol. The molecule has 0 unspecified atom stereocenters. The van der Waals surface area contributed by atoms with Crippen molar-refractivity contribution in [1.29, 1.82) is 0 Å². The molecule has 0 aliphatic carbocycles. The summed E-state index contributed by atoms with van der Waals surface area (Å²) >= 11 is 0. The van der Waals surface area contributed by atoms with Gasteiger partial charge >= 0.3 is 5.97 Å². The van der Waals surface area contributed by atoms with Gasteiger partial charge in [-0.25, -0.2) is 0 Å². The molecule has 176 valence electrons. The largest absolute Gasteiger partial charge is 0.481 e. The third-order valence-corrected chi connectivity index (χ3v) is 6.15. The van der Waals surface area contributed by atoms with Crippen LogP contribution in [-0.4, -0.2) is 52.0 Å². The lowest BCUT2D eigenvalue weighted by Gasteiger charge is -2.33. The van der Waals surface area contributed by atoms with Crippen LogP contribution in [0.4, 0.5) is 0 Å². The van der Waals surface area contributed by atoms with E-state index >= 15 is 0 Å². The summed E-state index contributed by atoms with van der Waals surface area (Å²) in [5, 5.41) is 9.89. The fourth-order valence-corrected chi connectivity index (χ4v) is 4.56. The molecule has 4 rings (SSSR count). The molecule has 2 aromatic carbocycles. The summed E-state index contributed by atoms with van der Waals surface area (Å²) < 4.78 is 5.94. The number of aromatic nitrogens is 1. The summed E-state index contributed by atoms with van der Waals surface area (Å²) in [7, 11) is 0. The maximum Gasteiger partial charge on any atom is 0.303 e. The predicted octanol–water partition coefficient (Wildman–Crippen LogP) is 3.48. The number of primary amides is 1. The van der Waals surface area contributed by atoms with Crippen LogP contribution in [0.15, 0.2) is 54.7 Å². The number of carboxylic acid groups (broad SMARTS) is 1. The van der Waals surface area contributed by atoms with E-state index in [1.165, 1.54) is 0 Å². The van der Waals surface area contributed by atoms with Gasteiger partial charge in [-0.2, -0.15) is 0 Å². The third-order valence-electron chi connectivity index (χ3n) is 6.15. The van der Waals surface area contributed by atoms with Crippen LogP contribution in [0.5, 0.6) is 5.75 Å². The molecule has 1 fully saturated rings. The fraction of sp³-hybridized carbons (Fsp3) is 0.308. The molecule has 0 bridgehead atoms. The van der Waals surface area contributed by atoms with Crippen LogP contribution >= 0.6 is 0 Å². The molecule has 0 saturated carbocycles. The lowest BCUT2D eigenvalue weighted by Crippen LogP contribution is -2.46. The van der Waals surface area contributed by atoms with Crippen molar-refractivity contribution in [3.05, 3.63) is 60.3 Å². The minimum atomic E-state index is -0.843. The van der Waals surface area contributed by atoms with Gasteiger partial charge in [-0.1, -0.05) is 18.2 Å². The number of nitrogens with zero attached hydrogens (tertiary/aromatic N) is 2. The van der Waals surface area contributed by atoms with E-state index in [0.29, 0.717) is 29.9 Å². The Hall–Kier alpha value is -3.94. The van der Waals surface area contributed by atoms with Gasteiger partial charge in [-0.05, 0) is 61.1 Å². The van der Waals surface area contributed by atoms with E-state index in [4.69, 9.17) is 15.6 Å². The number of aliphatic carboxylic acids is 1. The molecule has 8 nitrogen and oxygen atoms in total. The molecule has 2 amide bonds. The van der Waals surface area contributed by atoms with Gasteiger partial charge in [0, 0.05) is 42.7 Å². The Morgan fingerprint density at radius 2 is 1.97 bits per heavy atom. The van der Waals surface area contributed by atoms with Crippen molar-refractivity contribution in [3.8, 4) is 16.9 Å². The van der Waals surface area contributed by atoms with Gasteiger partial charge in [0.25, 0.3) is 5.91 Å². The highest BCUT2D eigenvalue weighted by molar-refractivity contribution is 6.04. The van der Waals surface area contributed by atoms with E-state index in [-0.39, 0.29) is 18.2 Å². The van der Waals surface area contributed by atoms with Gasteiger partial charge < -0.3 is 20.5 Å². The fourth-order valence-electron chi connectivity index (χ4n) is 4.56. The number of amides is 2. The average molecular weight is 462 g/mol. The van der Waals surface area contributed by atoms with E-state index in [0.717, 1.165) is 29.4 Å². The van der Waals surface area contributed by atoms with Crippen molar-refractivity contribution >= 4 is 28.7 Å². The Labute approximate surface area is 197 Å². The van der Waals surface area contributed by atoms with Crippen molar-refractivity contribution in [2.75, 3.05) is 13.1 Å². The third kappa shape index (κ3) is 5.01. The topological polar surface area (TPSA) is 123 Å². The van der Waals surface area contributed by atoms with Crippen LogP contribution in [0.25, 0.3) is 22.0 Å². The number of likely N-dealkylation sites (tertiary alicyclic amines) is 1. The Morgan fingerprint density at radius 3 is 2.74 bits per heavy atom. The molecule has 34 heavy (non-hydrogen) atoms. The maximum atomic E-state index is 12.9. The van der Waals surface area contributed by atoms with Crippen LogP contribution < -0.4 is 10.5 Å². The van der Waals surface area contributed by atoms with Crippen LogP contribution in [-0.2, 0) is 9.59 Å². The summed E-state index contributed by atoms with van der Waals surface area (Å²) in [5.74, 6) is -1.04. The quantitative estimate of drug-likeness (QED) is 0.555. The highest BCUT2D eigenvalue weighted by Gasteiger charge is 2.29. The van der Waals surface area contributed by atoms with E-state index in [9.17, 15) is 14.4 Å². The Balaban J connectivity index is 1.53. The minimum absolute atomic E-state index is 0.0334. The monoisotopic (exact) mass is 461 g/mol. The second-order valence-corrected chi connectivity index (χ2v) is 8.60. The summed E-state index contributed by atoms with van der Waals surface area (Å²) in [6, 6.07) is 14.4. The summed E-state index contributed by atoms with van der Waals surface area (Å²) in [4.78, 5) is 42.0. The number of nitrogens with two attached hydrogens (primary N) is 1. The minimum Gasteiger partial charge on any atom is -0.481 e. The maximum absolute atomic E-state index is 12.9. The molecule has 1 aliphatic heterocycles. The van der Waals surface area contributed by atoms with Gasteiger partial charge in [-0.3, -0.25) is 19.4 Å². The number of hydrogen-bond donors (Lipinski definition) is 2. The van der Waals surface area contributed by atoms with Gasteiger partial charge in [0.05, 0.1) is 5.52 Å². The molecule has 3 aromatic rings. The van der Waals surface area contributed by atoms with Crippen LogP contribution in [0.2, 0.25) is 0 Å². The number of fused-ring (bicyclic) bond motifs is 1. The number of carboxylic acids is 1. The second-order valence-electron chi connectivity index (χ2n) is 8.60. The van der Waals surface area contributed by atoms with Crippen LogP contribution in [0.1, 0.15) is 36.5 Å². The number of pyridine rings is 1. The zero-order valence-electron chi connectivity index (χ0n) is 18.9. The number of hydrogen-bond acceptors (Lipinski definition) is 5. The van der Waals surface area contributed by atoms with E-state index in [1.807, 2.05) is 24.3 Å². The number of carbonyl (C=O) groups is 3. The molecule has 0 spiro atoms. The normalized spacial score (nSPS) is 16.7. The van der Waals surface area contributed by atoms with Crippen molar-refractivity contribution in [2.24, 2.45) is 11.7 Å². The van der Waals surface area contributed by atoms with Gasteiger partial charge in [0.15, 0.2) is 6.10 Å². The molecule has 1 saturated heterocycles. The summed E-state index contributed by atoms with van der Waals surface area (Å²) in [5.41, 5.74) is 8.20. The van der Waals surface area contributed by atoms with Crippen LogP contribution in [0.3, 0.4) is 0 Å². The van der Waals surface area contributed by atoms with Gasteiger partial charge in [-0.15, -0.1) is 0 Å². The average Bonchev–Trinajstić information content (AvgIpc) is 2.82. The van der Waals surface area contributed by atoms with E-state index in [2.05, 4.69) is 4.98 Å². The molecule has 2 atom stereocenters. The van der Waals surface area contributed by atoms with E-state index < -0.39 is 18.0 Å². The lowest BCUT2D eigenvalue weighted by atomic mass is 9.94. The summed E-state index contributed by atoms with van der Waals surface area (Å²) in [6.07, 6.45) is 2.59. The van der Waals surface area contributed by atoms with Crippen molar-refractivity contribution < 1.29 is 24.2 Å². The molecule has 2 heterocycles. The lowest BCUT2D eigenvalue weighted by molar-refractivity contribution is -0.143. The number of carbonyl (C=O) groups excluding carboxylic acids is 2. The van der Waals surface area contributed by atoms with Crippen molar-refractivity contribution in [2.45, 2.75) is 32.3 Å². The molecular weight excluding hydrogens is 434 g/mol. The number of benzene rings is 2. The Bertz CT molecular complexity index is 1240. The standard InChI is InChI=1S/C26H27N3O5/c1-16(26(33)29-12-4-5-17(15-29)13-24(30)31)34-18-8-9-21-20(10-11-28-23(21)14-18)19-6-2-3-7-22(19)25(27)32/h2-3,6-11,14,16-17H,4-5,12-13,15H2,1H3,(H2,27,32)(H,30,31)/t16-,17-/m1/s1. The van der Waals surface area contributed by atoms with Gasteiger partial charge in [0.1, 0.15) is 5.75 Å². The van der Waals surface area contributed by atoms with Crippen molar-refractivity contribution in [3.63, 3.8) is 0 Å². The SMILES string of the molecule is C[C@@H](Oc1ccc2c(-c3ccccc3C(N)=O)ccnc2c1)C(=O)N1CCC[C@H](CC(=O)O)C1. The molecule has 1 aliphatic rings. The Morgan fingerprint density at radius 1 is 1.18 bits per heavy atom. The molecule has 0 radical (unpaired) electrons. The highest BCUT2D eigenvalue weighted by atomic mass is 16.5. The smallest absolute Gasteiger partial charge is 0.303 e. The zero-order chi connectivity index (χ0) is 24.2. The molecular formula is C26H27N3O5. The number of piperidine rings is 1. The first-order chi connectivity index (χ1) is 16.3. The highest BCUT2D eigenvalue weighted by Crippen LogP contribution is 2.32. The molecule has 1 aromatic heterocycles. The summed E-state index contributed by atoms with van der Waals surface area (Å²) in [6.45, 7) is 2.73. The first-order valence-electron chi connectivity index (χ1n) is 11.3. The van der Waals surface area contributed by atoms with E-state index in [1.54, 1.807) is 42.3 Å². The first-order valence-corrected chi connectivity index (χ1v) is 11.3. The second kappa shape index (κ2) is 9.91. The molecule has 3 N–H and O–H groups in total. The molecule has 8 heteroatoms. The van der Waals surface area contributed by atoms with Gasteiger partial charge in [0.2, 0.25) is 5.91 Å². The zero-order valence-corrected chi connectivity index (χ0v) is 18.9. The van der Waals surface area contributed by atoms with Crippen molar-refractivity contribution in [1.82, 2.24) is 9.88 Å². The number of ether oxygens (including phenoxy) is 1. The number of rotatable bonds is 7. The first kappa shape index (κ1) is 23.2. The Kier molecular flexibility index (Phi) is 6.77.